The van der Waals surface area contributed by atoms with Gasteiger partial charge in [-0.1, -0.05) is 0 Å². The van der Waals surface area contributed by atoms with Gasteiger partial charge >= 0.3 is 64.4 Å². The van der Waals surface area contributed by atoms with Crippen LogP contribution in [0.4, 0.5) is 5.95 Å². The molecule has 0 spiro atoms. The van der Waals surface area contributed by atoms with E-state index in [2.05, 4.69) is 23.8 Å². The number of aliphatic hydroxyl groups is 2. The van der Waals surface area contributed by atoms with Crippen LogP contribution in [0.5, 0.6) is 5.88 Å². The van der Waals surface area contributed by atoms with Gasteiger partial charge in [-0.3, -0.25) is 13.4 Å². The molecular weight excluding hydrogens is 449 g/mol. The molecule has 1 saturated heterocycles. The smallest absolute Gasteiger partial charge is 0.857 e. The van der Waals surface area contributed by atoms with Crippen LogP contribution in [-0.4, -0.2) is 59.5 Å². The molecule has 31 heavy (non-hydrogen) atoms. The summed E-state index contributed by atoms with van der Waals surface area (Å²) in [6, 6.07) is 0. The summed E-state index contributed by atoms with van der Waals surface area (Å²) in [6.07, 6.45) is -5.08. The van der Waals surface area contributed by atoms with Crippen LogP contribution in [0.2, 0.25) is 0 Å². The minimum Gasteiger partial charge on any atom is -0.857 e. The zero-order valence-electron chi connectivity index (χ0n) is 16.5. The second kappa shape index (κ2) is 11.5. The SMILES string of the molecule is Nc1nc([O-])c2ncn([C@@H]3O[C@H](COP(=O)(O)OP(=O)([O-])[O-])[C@@H](O)[C@H]3O)c2n1.[Li+].[Li+].[Li+]. The second-order valence-electron chi connectivity index (χ2n) is 5.55. The Hall–Kier alpha value is 0.0822. The van der Waals surface area contributed by atoms with Gasteiger partial charge in [0.2, 0.25) is 5.95 Å². The van der Waals surface area contributed by atoms with Crippen molar-refractivity contribution >= 4 is 32.8 Å². The maximum Gasteiger partial charge on any atom is 1.00 e. The predicted octanol–water partition coefficient (Wildman–Crippen LogP) is -12.9. The molecule has 3 rings (SSSR count). The minimum atomic E-state index is -5.82. The topological polar surface area (TPSA) is 261 Å². The van der Waals surface area contributed by atoms with Crippen molar-refractivity contribution in [2.45, 2.75) is 24.5 Å². The molecule has 1 fully saturated rings. The van der Waals surface area contributed by atoms with E-state index in [9.17, 15) is 39.1 Å². The van der Waals surface area contributed by atoms with Crippen molar-refractivity contribution in [2.75, 3.05) is 12.3 Å². The number of aromatic nitrogens is 4. The van der Waals surface area contributed by atoms with Gasteiger partial charge in [-0.2, -0.15) is 4.98 Å². The Morgan fingerprint density at radius 1 is 1.19 bits per heavy atom. The summed E-state index contributed by atoms with van der Waals surface area (Å²) in [5.41, 5.74) is 5.11. The maximum absolute atomic E-state index is 11.7. The molecule has 0 saturated carbocycles. The second-order valence-corrected chi connectivity index (χ2v) is 8.29. The Morgan fingerprint density at radius 3 is 2.39 bits per heavy atom. The first-order valence-electron chi connectivity index (χ1n) is 7.27. The van der Waals surface area contributed by atoms with E-state index in [4.69, 9.17) is 10.5 Å². The third-order valence-electron chi connectivity index (χ3n) is 3.62. The van der Waals surface area contributed by atoms with Crippen LogP contribution < -0.4 is 77.2 Å². The number of nitrogens with zero attached hydrogens (tertiary/aromatic N) is 4. The number of aliphatic hydroxyl groups excluding tert-OH is 2. The van der Waals surface area contributed by atoms with Crippen LogP contribution in [0.25, 0.3) is 11.2 Å². The average Bonchev–Trinajstić information content (AvgIpc) is 3.06. The molecule has 0 aromatic carbocycles. The quantitative estimate of drug-likeness (QED) is 0.230. The van der Waals surface area contributed by atoms with Gasteiger partial charge in [0, 0.05) is 5.88 Å². The largest absolute Gasteiger partial charge is 1.00 e. The number of hydrogen-bond acceptors (Lipinski definition) is 14. The third kappa shape index (κ3) is 7.28. The molecule has 5 atom stereocenters. The molecule has 1 aliphatic rings. The maximum atomic E-state index is 11.7. The van der Waals surface area contributed by atoms with Crippen molar-refractivity contribution in [1.29, 1.82) is 0 Å². The van der Waals surface area contributed by atoms with Crippen molar-refractivity contribution in [3.8, 4) is 5.88 Å². The normalized spacial score (nSPS) is 25.2. The van der Waals surface area contributed by atoms with E-state index in [1.165, 1.54) is 0 Å². The van der Waals surface area contributed by atoms with E-state index in [1.54, 1.807) is 0 Å². The van der Waals surface area contributed by atoms with Crippen LogP contribution in [0, 0.1) is 0 Å². The fraction of sp³-hybridized carbons (Fsp3) is 0.500. The molecular formula is C10H12Li3N5O11P2. The summed E-state index contributed by atoms with van der Waals surface area (Å²) in [5.74, 6) is -1.16. The number of nitrogens with two attached hydrogens (primary N) is 1. The van der Waals surface area contributed by atoms with Gasteiger partial charge in [0.05, 0.1) is 20.8 Å². The van der Waals surface area contributed by atoms with Gasteiger partial charge in [-0.25, -0.2) is 14.5 Å². The summed E-state index contributed by atoms with van der Waals surface area (Å²) in [6.45, 7) is -0.931. The van der Waals surface area contributed by atoms with Gasteiger partial charge in [0.1, 0.15) is 23.8 Å². The van der Waals surface area contributed by atoms with Crippen molar-refractivity contribution in [3.63, 3.8) is 0 Å². The van der Waals surface area contributed by atoms with Crippen LogP contribution in [0.15, 0.2) is 6.33 Å². The van der Waals surface area contributed by atoms with E-state index in [1.807, 2.05) is 0 Å². The zero-order valence-corrected chi connectivity index (χ0v) is 18.3. The summed E-state index contributed by atoms with van der Waals surface area (Å²) >= 11 is 0. The van der Waals surface area contributed by atoms with Crippen molar-refractivity contribution < 1.29 is 109 Å². The first-order valence-corrected chi connectivity index (χ1v) is 10.2. The first kappa shape index (κ1) is 31.1. The number of anilines is 1. The van der Waals surface area contributed by atoms with Gasteiger partial charge in [-0.15, -0.1) is 0 Å². The number of phosphoric acid groups is 2. The number of fused-ring (bicyclic) bond motifs is 1. The summed E-state index contributed by atoms with van der Waals surface area (Å²) < 4.78 is 35.9. The van der Waals surface area contributed by atoms with E-state index in [0.717, 1.165) is 10.9 Å². The fourth-order valence-corrected chi connectivity index (χ4v) is 4.04. The molecule has 1 aliphatic heterocycles. The van der Waals surface area contributed by atoms with Crippen LogP contribution >= 0.6 is 15.6 Å². The molecule has 21 heteroatoms. The van der Waals surface area contributed by atoms with E-state index in [0.29, 0.717) is 0 Å². The van der Waals surface area contributed by atoms with E-state index >= 15 is 0 Å². The minimum absolute atomic E-state index is 0. The van der Waals surface area contributed by atoms with Crippen LogP contribution in [0.1, 0.15) is 6.23 Å². The molecule has 3 heterocycles. The summed E-state index contributed by atoms with van der Waals surface area (Å²) in [5, 5.41) is 32.0. The zero-order chi connectivity index (χ0) is 20.9. The van der Waals surface area contributed by atoms with E-state index in [-0.39, 0.29) is 73.7 Å². The monoisotopic (exact) mass is 461 g/mol. The molecule has 1 unspecified atom stereocenters. The van der Waals surface area contributed by atoms with E-state index < -0.39 is 52.7 Å². The number of hydrogen-bond donors (Lipinski definition) is 4. The van der Waals surface area contributed by atoms with Gasteiger partial charge < -0.3 is 45.0 Å². The average molecular weight is 461 g/mol. The molecule has 2 aromatic heterocycles. The number of rotatable bonds is 6. The number of phosphoric ester groups is 1. The molecule has 2 aromatic rings. The molecule has 156 valence electrons. The van der Waals surface area contributed by atoms with Crippen LogP contribution in [-0.2, 0) is 22.7 Å². The summed E-state index contributed by atoms with van der Waals surface area (Å²) in [7, 11) is -11.1. The molecule has 16 nitrogen and oxygen atoms in total. The fourth-order valence-electron chi connectivity index (χ4n) is 2.51. The van der Waals surface area contributed by atoms with Gasteiger partial charge in [0.15, 0.2) is 11.9 Å². The molecule has 0 bridgehead atoms. The van der Waals surface area contributed by atoms with Gasteiger partial charge in [-0.05, 0) is 0 Å². The Balaban J connectivity index is 0.00000300. The van der Waals surface area contributed by atoms with Gasteiger partial charge in [0.25, 0.3) is 0 Å². The Bertz CT molecular complexity index is 992. The Labute approximate surface area is 209 Å². The number of imidazole rings is 1. The van der Waals surface area contributed by atoms with Crippen molar-refractivity contribution in [1.82, 2.24) is 19.5 Å². The van der Waals surface area contributed by atoms with Crippen molar-refractivity contribution in [2.24, 2.45) is 0 Å². The van der Waals surface area contributed by atoms with Crippen LogP contribution in [0.3, 0.4) is 0 Å². The molecule has 5 N–H and O–H groups in total. The summed E-state index contributed by atoms with van der Waals surface area (Å²) in [4.78, 5) is 41.0. The Kier molecular flexibility index (Phi) is 11.5. The number of ether oxygens (including phenoxy) is 1. The predicted molar refractivity (Wildman–Crippen MR) is 79.6 cm³/mol. The van der Waals surface area contributed by atoms with Crippen molar-refractivity contribution in [3.05, 3.63) is 6.33 Å². The molecule has 0 aliphatic carbocycles. The number of nitrogen functional groups attached to an aromatic ring is 1. The third-order valence-corrected chi connectivity index (χ3v) is 5.72. The Morgan fingerprint density at radius 2 is 1.81 bits per heavy atom. The molecule has 0 radical (unpaired) electrons. The standard InChI is InChI=1S/C10H15N5O11P2.3Li/c11-10-13-7-4(8(18)14-10)12-2-15(7)9-6(17)5(16)3(25-9)1-24-28(22,23)26-27(19,20)21;;;/h2-3,5-6,9,16-17H,1H2,(H,22,23)(H2,19,20,21)(H3,11,13,14,18);;;/q;3*+1/p-3/t3-,5-,6-,9-;;;/m1.../s1. The first-order chi connectivity index (χ1) is 12.9. The molecule has 0 amide bonds.